The molecule has 2 aromatic carbocycles. The molecular weight excluding hydrogens is 417 g/mol. The molecule has 1 fully saturated rings. The van der Waals surface area contributed by atoms with E-state index in [9.17, 15) is 18.0 Å². The van der Waals surface area contributed by atoms with Crippen molar-refractivity contribution in [1.29, 1.82) is 0 Å². The minimum Gasteiger partial charge on any atom is -0.296 e. The summed E-state index contributed by atoms with van der Waals surface area (Å²) in [7, 11) is 0. The van der Waals surface area contributed by atoms with E-state index < -0.39 is 11.7 Å². The number of amides is 1. The smallest absolute Gasteiger partial charge is 0.296 e. The predicted octanol–water partition coefficient (Wildman–Crippen LogP) is 3.63. The summed E-state index contributed by atoms with van der Waals surface area (Å²) >= 11 is 6.21. The van der Waals surface area contributed by atoms with Gasteiger partial charge in [-0.15, -0.1) is 0 Å². The first-order valence-electron chi connectivity index (χ1n) is 9.48. The van der Waals surface area contributed by atoms with Crippen molar-refractivity contribution in [3.63, 3.8) is 0 Å². The number of nitrogens with zero attached hydrogens (tertiary/aromatic N) is 3. The summed E-state index contributed by atoms with van der Waals surface area (Å²) < 4.78 is 37.6. The van der Waals surface area contributed by atoms with Crippen LogP contribution in [-0.4, -0.2) is 54.6 Å². The highest BCUT2D eigenvalue weighted by atomic mass is 35.5. The van der Waals surface area contributed by atoms with Crippen molar-refractivity contribution in [3.05, 3.63) is 70.2 Å². The lowest BCUT2D eigenvalue weighted by Gasteiger charge is -2.34. The molecule has 0 atom stereocenters. The van der Waals surface area contributed by atoms with Gasteiger partial charge in [-0.1, -0.05) is 41.9 Å². The van der Waals surface area contributed by atoms with E-state index in [2.05, 4.69) is 15.4 Å². The van der Waals surface area contributed by atoms with Gasteiger partial charge in [0.05, 0.1) is 18.3 Å². The van der Waals surface area contributed by atoms with Crippen molar-refractivity contribution in [3.8, 4) is 0 Å². The van der Waals surface area contributed by atoms with Crippen molar-refractivity contribution >= 4 is 23.7 Å². The fourth-order valence-corrected chi connectivity index (χ4v) is 3.34. The molecule has 0 spiro atoms. The fourth-order valence-electron chi connectivity index (χ4n) is 3.15. The third kappa shape index (κ3) is 6.55. The number of hydrogen-bond acceptors (Lipinski definition) is 4. The van der Waals surface area contributed by atoms with Crippen molar-refractivity contribution in [2.75, 3.05) is 32.7 Å². The number of benzene rings is 2. The summed E-state index contributed by atoms with van der Waals surface area (Å²) in [5.74, 6) is -0.266. The number of carbonyl (C=O) groups excluding carboxylic acids is 1. The number of alkyl halides is 3. The molecule has 30 heavy (non-hydrogen) atoms. The van der Waals surface area contributed by atoms with Crippen LogP contribution in [0.15, 0.2) is 53.6 Å². The molecule has 1 N–H and O–H groups in total. The molecule has 0 aromatic heterocycles. The molecule has 1 amide bonds. The Hall–Kier alpha value is -2.42. The Balaban J connectivity index is 1.39. The van der Waals surface area contributed by atoms with E-state index >= 15 is 0 Å². The molecule has 1 aliphatic rings. The van der Waals surface area contributed by atoms with Crippen LogP contribution in [0.1, 0.15) is 16.7 Å². The van der Waals surface area contributed by atoms with Gasteiger partial charge in [-0.05, 0) is 29.3 Å². The van der Waals surface area contributed by atoms with Crippen molar-refractivity contribution < 1.29 is 18.0 Å². The van der Waals surface area contributed by atoms with Crippen LogP contribution in [0.2, 0.25) is 5.02 Å². The second-order valence-corrected chi connectivity index (χ2v) is 7.46. The lowest BCUT2D eigenvalue weighted by atomic mass is 10.1. The fraction of sp³-hybridized carbons (Fsp3) is 0.333. The van der Waals surface area contributed by atoms with Crippen molar-refractivity contribution in [2.24, 2.45) is 5.10 Å². The van der Waals surface area contributed by atoms with E-state index in [0.717, 1.165) is 55.4 Å². The Labute approximate surface area is 178 Å². The van der Waals surface area contributed by atoms with Gasteiger partial charge in [0, 0.05) is 37.7 Å². The first kappa shape index (κ1) is 22.3. The standard InChI is InChI=1S/C21H22ClF3N4O/c22-19-4-2-1-3-17(19)14-28-9-11-29(12-10-28)15-20(30)27-26-13-16-5-7-18(8-6-16)21(23,24)25/h1-8,13H,9-12,14-15H2,(H,27,30)/b26-13-. The molecule has 0 saturated carbocycles. The monoisotopic (exact) mass is 438 g/mol. The van der Waals surface area contributed by atoms with E-state index in [-0.39, 0.29) is 12.5 Å². The molecule has 160 valence electrons. The van der Waals surface area contributed by atoms with Gasteiger partial charge >= 0.3 is 6.18 Å². The number of hydrazone groups is 1. The molecule has 5 nitrogen and oxygen atoms in total. The zero-order valence-electron chi connectivity index (χ0n) is 16.2. The molecule has 0 unspecified atom stereocenters. The number of piperazine rings is 1. The van der Waals surface area contributed by atoms with Gasteiger partial charge in [0.1, 0.15) is 0 Å². The molecule has 0 bridgehead atoms. The SMILES string of the molecule is O=C(CN1CCN(Cc2ccccc2Cl)CC1)N/N=C\c1ccc(C(F)(F)F)cc1. The van der Waals surface area contributed by atoms with Crippen molar-refractivity contribution in [2.45, 2.75) is 12.7 Å². The molecular formula is C21H22ClF3N4O. The second-order valence-electron chi connectivity index (χ2n) is 7.06. The minimum absolute atomic E-state index is 0.213. The molecule has 9 heteroatoms. The number of nitrogens with one attached hydrogen (secondary N) is 1. The maximum Gasteiger partial charge on any atom is 0.416 e. The molecule has 1 aliphatic heterocycles. The van der Waals surface area contributed by atoms with E-state index in [1.807, 2.05) is 29.2 Å². The maximum atomic E-state index is 12.5. The topological polar surface area (TPSA) is 47.9 Å². The van der Waals surface area contributed by atoms with Gasteiger partial charge in [0.2, 0.25) is 0 Å². The Bertz CT molecular complexity index is 879. The predicted molar refractivity (Wildman–Crippen MR) is 110 cm³/mol. The molecule has 0 aliphatic carbocycles. The molecule has 1 saturated heterocycles. The highest BCUT2D eigenvalue weighted by Gasteiger charge is 2.29. The highest BCUT2D eigenvalue weighted by molar-refractivity contribution is 6.31. The van der Waals surface area contributed by atoms with Crippen LogP contribution in [0.3, 0.4) is 0 Å². The Morgan fingerprint density at radius 2 is 1.67 bits per heavy atom. The van der Waals surface area contributed by atoms with Crippen LogP contribution in [0.25, 0.3) is 0 Å². The van der Waals surface area contributed by atoms with Gasteiger partial charge in [-0.25, -0.2) is 5.43 Å². The molecule has 2 aromatic rings. The quantitative estimate of drug-likeness (QED) is 0.553. The summed E-state index contributed by atoms with van der Waals surface area (Å²) in [6.45, 7) is 4.14. The van der Waals surface area contributed by atoms with E-state index in [1.165, 1.54) is 18.3 Å². The van der Waals surface area contributed by atoms with Gasteiger partial charge in [-0.2, -0.15) is 18.3 Å². The molecule has 3 rings (SSSR count). The highest BCUT2D eigenvalue weighted by Crippen LogP contribution is 2.28. The van der Waals surface area contributed by atoms with Crippen LogP contribution in [-0.2, 0) is 17.5 Å². The lowest BCUT2D eigenvalue weighted by Crippen LogP contribution is -2.48. The summed E-state index contributed by atoms with van der Waals surface area (Å²) in [6, 6.07) is 12.3. The average Bonchev–Trinajstić information content (AvgIpc) is 2.71. The summed E-state index contributed by atoms with van der Waals surface area (Å²) in [5, 5.41) is 4.58. The Kier molecular flexibility index (Phi) is 7.47. The minimum atomic E-state index is -4.37. The first-order valence-corrected chi connectivity index (χ1v) is 9.86. The maximum absolute atomic E-state index is 12.5. The number of carbonyl (C=O) groups is 1. The first-order chi connectivity index (χ1) is 14.3. The summed E-state index contributed by atoms with van der Waals surface area (Å²) in [4.78, 5) is 16.4. The normalized spacial score (nSPS) is 16.1. The largest absolute Gasteiger partial charge is 0.416 e. The Morgan fingerprint density at radius 3 is 2.30 bits per heavy atom. The van der Waals surface area contributed by atoms with Gasteiger partial charge in [0.25, 0.3) is 5.91 Å². The third-order valence-electron chi connectivity index (χ3n) is 4.82. The number of halogens is 4. The summed E-state index contributed by atoms with van der Waals surface area (Å²) in [6.07, 6.45) is -3.05. The van der Waals surface area contributed by atoms with E-state index in [0.29, 0.717) is 5.56 Å². The molecule has 1 heterocycles. The third-order valence-corrected chi connectivity index (χ3v) is 5.19. The molecule has 0 radical (unpaired) electrons. The number of hydrogen-bond donors (Lipinski definition) is 1. The van der Waals surface area contributed by atoms with Crippen LogP contribution < -0.4 is 5.43 Å². The van der Waals surface area contributed by atoms with Crippen molar-refractivity contribution in [1.82, 2.24) is 15.2 Å². The summed E-state index contributed by atoms with van der Waals surface area (Å²) in [5.41, 5.74) is 3.25. The van der Waals surface area contributed by atoms with Gasteiger partial charge in [0.15, 0.2) is 0 Å². The van der Waals surface area contributed by atoms with Gasteiger partial charge in [-0.3, -0.25) is 14.6 Å². The van der Waals surface area contributed by atoms with Crippen LogP contribution in [0.4, 0.5) is 13.2 Å². The zero-order valence-corrected chi connectivity index (χ0v) is 17.0. The Morgan fingerprint density at radius 1 is 1.03 bits per heavy atom. The number of rotatable bonds is 6. The second kappa shape index (κ2) is 10.1. The van der Waals surface area contributed by atoms with Gasteiger partial charge < -0.3 is 0 Å². The van der Waals surface area contributed by atoms with E-state index in [1.54, 1.807) is 0 Å². The van der Waals surface area contributed by atoms with Crippen LogP contribution >= 0.6 is 11.6 Å². The lowest BCUT2D eigenvalue weighted by molar-refractivity contribution is -0.137. The zero-order chi connectivity index (χ0) is 21.6. The van der Waals surface area contributed by atoms with Crippen LogP contribution in [0.5, 0.6) is 0 Å². The van der Waals surface area contributed by atoms with Crippen LogP contribution in [0, 0.1) is 0 Å². The van der Waals surface area contributed by atoms with E-state index in [4.69, 9.17) is 11.6 Å². The average molecular weight is 439 g/mol.